The van der Waals surface area contributed by atoms with E-state index in [4.69, 9.17) is 15.0 Å². The lowest BCUT2D eigenvalue weighted by atomic mass is 9.97. The molecule has 3 rings (SSSR count). The smallest absolute Gasteiger partial charge is 0.240 e. The molecule has 1 aliphatic rings. The van der Waals surface area contributed by atoms with Crippen LogP contribution in [0.25, 0.3) is 0 Å². The zero-order valence-electron chi connectivity index (χ0n) is 14.4. The molecule has 3 heterocycles. The molecule has 1 saturated heterocycles. The molecule has 0 aromatic carbocycles. The molecule has 9 nitrogen and oxygen atoms in total. The summed E-state index contributed by atoms with van der Waals surface area (Å²) in [5, 5.41) is 3.97. The number of nitrogens with zero attached hydrogens (tertiary/aromatic N) is 5. The highest BCUT2D eigenvalue weighted by Gasteiger charge is 2.26. The van der Waals surface area contributed by atoms with Crippen molar-refractivity contribution >= 4 is 5.91 Å². The highest BCUT2D eigenvalue weighted by molar-refractivity contribution is 5.73. The Morgan fingerprint density at radius 1 is 1.52 bits per heavy atom. The minimum Gasteiger partial charge on any atom is -0.384 e. The quantitative estimate of drug-likeness (QED) is 0.731. The first-order valence-corrected chi connectivity index (χ1v) is 8.47. The Hall–Kier alpha value is -2.26. The van der Waals surface area contributed by atoms with Crippen LogP contribution in [0, 0.1) is 0 Å². The van der Waals surface area contributed by atoms with Crippen LogP contribution in [-0.2, 0) is 29.0 Å². The van der Waals surface area contributed by atoms with Crippen LogP contribution in [0.5, 0.6) is 0 Å². The predicted octanol–water partition coefficient (Wildman–Crippen LogP) is 0.320. The normalized spacial score (nSPS) is 18.5. The third-order valence-electron chi connectivity index (χ3n) is 4.34. The summed E-state index contributed by atoms with van der Waals surface area (Å²) in [5.41, 5.74) is 5.31. The fourth-order valence-corrected chi connectivity index (χ4v) is 3.23. The summed E-state index contributed by atoms with van der Waals surface area (Å²) in [7, 11) is 1.65. The van der Waals surface area contributed by atoms with Gasteiger partial charge >= 0.3 is 0 Å². The van der Waals surface area contributed by atoms with Gasteiger partial charge < -0.3 is 19.6 Å². The van der Waals surface area contributed by atoms with Gasteiger partial charge in [0.05, 0.1) is 13.2 Å². The summed E-state index contributed by atoms with van der Waals surface area (Å²) in [6.45, 7) is 3.17. The van der Waals surface area contributed by atoms with Crippen molar-refractivity contribution in [3.05, 3.63) is 29.9 Å². The van der Waals surface area contributed by atoms with Crippen molar-refractivity contribution in [2.45, 2.75) is 38.3 Å². The molecule has 1 fully saturated rings. The molecule has 1 amide bonds. The van der Waals surface area contributed by atoms with E-state index in [-0.39, 0.29) is 18.4 Å². The second-order valence-corrected chi connectivity index (χ2v) is 6.30. The first-order valence-electron chi connectivity index (χ1n) is 8.47. The number of imidazole rings is 1. The van der Waals surface area contributed by atoms with E-state index in [1.807, 2.05) is 4.57 Å². The van der Waals surface area contributed by atoms with Gasteiger partial charge in [0.1, 0.15) is 12.4 Å². The van der Waals surface area contributed by atoms with Crippen LogP contribution in [0.2, 0.25) is 0 Å². The van der Waals surface area contributed by atoms with Gasteiger partial charge in [-0.1, -0.05) is 5.16 Å². The van der Waals surface area contributed by atoms with Crippen LogP contribution in [0.1, 0.15) is 36.3 Å². The van der Waals surface area contributed by atoms with E-state index in [0.717, 1.165) is 31.8 Å². The van der Waals surface area contributed by atoms with Crippen molar-refractivity contribution < 1.29 is 14.1 Å². The van der Waals surface area contributed by atoms with Crippen molar-refractivity contribution in [1.82, 2.24) is 24.6 Å². The number of piperidine rings is 1. The third kappa shape index (κ3) is 4.64. The number of primary amides is 1. The number of nitrogens with two attached hydrogens (primary N) is 1. The number of methoxy groups -OCH3 is 1. The molecule has 1 aliphatic heterocycles. The molecular weight excluding hydrogens is 324 g/mol. The highest BCUT2D eigenvalue weighted by Crippen LogP contribution is 2.26. The number of hydrogen-bond acceptors (Lipinski definition) is 7. The number of aromatic nitrogens is 4. The zero-order valence-corrected chi connectivity index (χ0v) is 14.4. The summed E-state index contributed by atoms with van der Waals surface area (Å²) in [6, 6.07) is 0. The molecule has 0 spiro atoms. The largest absolute Gasteiger partial charge is 0.384 e. The summed E-state index contributed by atoms with van der Waals surface area (Å²) in [4.78, 5) is 22.3. The second-order valence-electron chi connectivity index (χ2n) is 6.30. The third-order valence-corrected chi connectivity index (χ3v) is 4.34. The number of carbonyl (C=O) groups excluding carboxylic acids is 1. The Balaban J connectivity index is 1.60. The fraction of sp³-hybridized carbons (Fsp3) is 0.625. The van der Waals surface area contributed by atoms with E-state index < -0.39 is 0 Å². The van der Waals surface area contributed by atoms with Gasteiger partial charge in [-0.25, -0.2) is 4.98 Å². The van der Waals surface area contributed by atoms with Gasteiger partial charge in [-0.2, -0.15) is 4.98 Å². The maximum atomic E-state index is 11.2. The van der Waals surface area contributed by atoms with Crippen molar-refractivity contribution in [2.75, 3.05) is 26.8 Å². The first kappa shape index (κ1) is 17.6. The maximum absolute atomic E-state index is 11.2. The second kappa shape index (κ2) is 8.21. The summed E-state index contributed by atoms with van der Waals surface area (Å²) in [5.74, 6) is 2.10. The molecule has 2 N–H and O–H groups in total. The number of hydrogen-bond donors (Lipinski definition) is 1. The average Bonchev–Trinajstić information content (AvgIpc) is 3.22. The molecule has 0 saturated carbocycles. The summed E-state index contributed by atoms with van der Waals surface area (Å²) in [6.07, 6.45) is 6.26. The van der Waals surface area contributed by atoms with E-state index in [1.54, 1.807) is 19.5 Å². The van der Waals surface area contributed by atoms with Gasteiger partial charge in [0.25, 0.3) is 0 Å². The first-order chi connectivity index (χ1) is 12.2. The van der Waals surface area contributed by atoms with Crippen LogP contribution in [0.4, 0.5) is 0 Å². The van der Waals surface area contributed by atoms with Gasteiger partial charge in [-0.15, -0.1) is 0 Å². The minimum absolute atomic E-state index is 0.165. The van der Waals surface area contributed by atoms with Crippen molar-refractivity contribution in [3.8, 4) is 0 Å². The minimum atomic E-state index is -0.360. The Morgan fingerprint density at radius 2 is 2.40 bits per heavy atom. The maximum Gasteiger partial charge on any atom is 0.240 e. The lowest BCUT2D eigenvalue weighted by molar-refractivity contribution is -0.118. The molecule has 1 atom stereocenters. The van der Waals surface area contributed by atoms with Crippen molar-refractivity contribution in [3.63, 3.8) is 0 Å². The molecule has 9 heteroatoms. The topological polar surface area (TPSA) is 112 Å². The number of rotatable bonds is 8. The van der Waals surface area contributed by atoms with Crippen LogP contribution in [-0.4, -0.2) is 57.3 Å². The fourth-order valence-electron chi connectivity index (χ4n) is 3.23. The number of likely N-dealkylation sites (tertiary alicyclic amines) is 1. The molecule has 0 bridgehead atoms. The van der Waals surface area contributed by atoms with Crippen molar-refractivity contribution in [2.24, 2.45) is 5.73 Å². The Bertz CT molecular complexity index is 698. The number of ether oxygens (including phenoxy) is 1. The van der Waals surface area contributed by atoms with Gasteiger partial charge in [0.2, 0.25) is 11.8 Å². The van der Waals surface area contributed by atoms with E-state index >= 15 is 0 Å². The SMILES string of the molecule is COCCc1noc(CN2CCC[C@@H](c3nccn3CC(N)=O)C2)n1. The molecule has 0 unspecified atom stereocenters. The standard InChI is InChI=1S/C16H24N6O3/c1-24-8-4-14-19-15(25-20-14)11-21-6-2-3-12(9-21)16-18-5-7-22(16)10-13(17)23/h5,7,12H,2-4,6,8-11H2,1H3,(H2,17,23)/t12-/m1/s1. The lowest BCUT2D eigenvalue weighted by Crippen LogP contribution is -2.35. The zero-order chi connectivity index (χ0) is 17.6. The Morgan fingerprint density at radius 3 is 3.20 bits per heavy atom. The molecule has 2 aromatic heterocycles. The van der Waals surface area contributed by atoms with Gasteiger partial charge in [0, 0.05) is 38.4 Å². The van der Waals surface area contributed by atoms with Crippen LogP contribution in [0.15, 0.2) is 16.9 Å². The van der Waals surface area contributed by atoms with Crippen LogP contribution >= 0.6 is 0 Å². The van der Waals surface area contributed by atoms with E-state index in [0.29, 0.717) is 31.3 Å². The Kier molecular flexibility index (Phi) is 5.77. The van der Waals surface area contributed by atoms with Gasteiger partial charge in [-0.3, -0.25) is 9.69 Å². The number of amides is 1. The van der Waals surface area contributed by atoms with E-state index in [2.05, 4.69) is 20.0 Å². The Labute approximate surface area is 146 Å². The predicted molar refractivity (Wildman–Crippen MR) is 88.6 cm³/mol. The van der Waals surface area contributed by atoms with Crippen molar-refractivity contribution in [1.29, 1.82) is 0 Å². The van der Waals surface area contributed by atoms with Crippen LogP contribution in [0.3, 0.4) is 0 Å². The molecule has 2 aromatic rings. The van der Waals surface area contributed by atoms with Crippen LogP contribution < -0.4 is 5.73 Å². The number of carbonyl (C=O) groups is 1. The molecule has 136 valence electrons. The molecular formula is C16H24N6O3. The highest BCUT2D eigenvalue weighted by atomic mass is 16.5. The summed E-state index contributed by atoms with van der Waals surface area (Å²) >= 11 is 0. The van der Waals surface area contributed by atoms with E-state index in [1.165, 1.54) is 0 Å². The van der Waals surface area contributed by atoms with Gasteiger partial charge in [-0.05, 0) is 19.4 Å². The monoisotopic (exact) mass is 348 g/mol. The molecule has 0 radical (unpaired) electrons. The molecule has 25 heavy (non-hydrogen) atoms. The molecule has 0 aliphatic carbocycles. The summed E-state index contributed by atoms with van der Waals surface area (Å²) < 4.78 is 12.2. The average molecular weight is 348 g/mol. The van der Waals surface area contributed by atoms with Gasteiger partial charge in [0.15, 0.2) is 5.82 Å². The van der Waals surface area contributed by atoms with E-state index in [9.17, 15) is 4.79 Å². The lowest BCUT2D eigenvalue weighted by Gasteiger charge is -2.31.